The molecule has 0 radical (unpaired) electrons. The summed E-state index contributed by atoms with van der Waals surface area (Å²) in [6, 6.07) is 5.95. The van der Waals surface area contributed by atoms with Crippen molar-refractivity contribution < 1.29 is 9.90 Å². The molecular weight excluding hydrogens is 224 g/mol. The Labute approximate surface area is 110 Å². The van der Waals surface area contributed by atoms with Crippen LogP contribution in [0.5, 0.6) is 0 Å². The third-order valence-electron chi connectivity index (χ3n) is 3.38. The van der Waals surface area contributed by atoms with Crippen molar-refractivity contribution in [1.82, 2.24) is 0 Å². The largest absolute Gasteiger partial charge is 0.395 e. The van der Waals surface area contributed by atoms with Gasteiger partial charge in [0.15, 0.2) is 5.78 Å². The molecule has 0 spiro atoms. The zero-order valence-electron chi connectivity index (χ0n) is 12.3. The molecule has 2 heteroatoms. The Morgan fingerprint density at radius 1 is 1.06 bits per heavy atom. The van der Waals surface area contributed by atoms with E-state index >= 15 is 0 Å². The summed E-state index contributed by atoms with van der Waals surface area (Å²) in [6.07, 6.45) is 0. The second-order valence-corrected chi connectivity index (χ2v) is 6.65. The summed E-state index contributed by atoms with van der Waals surface area (Å²) >= 11 is 0. The minimum atomic E-state index is -0.328. The molecule has 100 valence electrons. The summed E-state index contributed by atoms with van der Waals surface area (Å²) in [5.41, 5.74) is 2.53. The lowest BCUT2D eigenvalue weighted by molar-refractivity contribution is 0.101. The number of Topliss-reactive ketones (excluding diaryl/α,β-unsaturated/α-hetero) is 1. The van der Waals surface area contributed by atoms with Gasteiger partial charge in [-0.05, 0) is 35.6 Å². The average Bonchev–Trinajstić information content (AvgIpc) is 2.27. The summed E-state index contributed by atoms with van der Waals surface area (Å²) in [6.45, 7) is 12.0. The van der Waals surface area contributed by atoms with E-state index in [2.05, 4.69) is 26.8 Å². The summed E-state index contributed by atoms with van der Waals surface area (Å²) in [4.78, 5) is 11.6. The molecule has 0 atom stereocenters. The number of carbonyl (C=O) groups excluding carboxylic acids is 1. The van der Waals surface area contributed by atoms with Crippen molar-refractivity contribution in [2.24, 2.45) is 0 Å². The summed E-state index contributed by atoms with van der Waals surface area (Å²) < 4.78 is 0. The Hall–Kier alpha value is -1.15. The van der Waals surface area contributed by atoms with Crippen LogP contribution in [0.4, 0.5) is 0 Å². The number of aliphatic hydroxyl groups excluding tert-OH is 1. The highest BCUT2D eigenvalue weighted by molar-refractivity contribution is 5.94. The average molecular weight is 248 g/mol. The number of ketones is 1. The third-order valence-corrected chi connectivity index (χ3v) is 3.38. The SMILES string of the molecule is CC(=O)c1cc(C(C)(C)C)cc(C(C)(C)CO)c1. The minimum absolute atomic E-state index is 0.00819. The van der Waals surface area contributed by atoms with Gasteiger partial charge < -0.3 is 5.11 Å². The number of aliphatic hydroxyl groups is 1. The Balaban J connectivity index is 3.46. The lowest BCUT2D eigenvalue weighted by Crippen LogP contribution is -2.24. The van der Waals surface area contributed by atoms with Crippen LogP contribution in [0.3, 0.4) is 0 Å². The lowest BCUT2D eigenvalue weighted by Gasteiger charge is -2.27. The molecular formula is C16H24O2. The van der Waals surface area contributed by atoms with Gasteiger partial charge in [0.1, 0.15) is 0 Å². The van der Waals surface area contributed by atoms with Gasteiger partial charge in [0.2, 0.25) is 0 Å². The van der Waals surface area contributed by atoms with Crippen LogP contribution in [0, 0.1) is 0 Å². The molecule has 0 aromatic heterocycles. The number of benzene rings is 1. The smallest absolute Gasteiger partial charge is 0.159 e. The van der Waals surface area contributed by atoms with E-state index in [1.807, 2.05) is 26.0 Å². The molecule has 0 amide bonds. The van der Waals surface area contributed by atoms with Crippen LogP contribution >= 0.6 is 0 Å². The predicted octanol–water partition coefficient (Wildman–Crippen LogP) is 3.46. The van der Waals surface area contributed by atoms with Crippen LogP contribution in [0.25, 0.3) is 0 Å². The van der Waals surface area contributed by atoms with Crippen molar-refractivity contribution >= 4 is 5.78 Å². The molecule has 2 nitrogen and oxygen atoms in total. The Bertz CT molecular complexity index is 451. The molecule has 0 heterocycles. The van der Waals surface area contributed by atoms with E-state index in [4.69, 9.17) is 0 Å². The Morgan fingerprint density at radius 3 is 1.94 bits per heavy atom. The third kappa shape index (κ3) is 3.20. The molecule has 0 aliphatic heterocycles. The van der Waals surface area contributed by atoms with E-state index in [9.17, 15) is 9.90 Å². The lowest BCUT2D eigenvalue weighted by atomic mass is 9.78. The maximum atomic E-state index is 11.6. The highest BCUT2D eigenvalue weighted by Gasteiger charge is 2.24. The fraction of sp³-hybridized carbons (Fsp3) is 0.562. The topological polar surface area (TPSA) is 37.3 Å². The number of carbonyl (C=O) groups is 1. The normalized spacial score (nSPS) is 12.6. The van der Waals surface area contributed by atoms with E-state index in [0.29, 0.717) is 0 Å². The van der Waals surface area contributed by atoms with E-state index in [1.165, 1.54) is 0 Å². The Kier molecular flexibility index (Phi) is 4.02. The van der Waals surface area contributed by atoms with Gasteiger partial charge in [-0.3, -0.25) is 4.79 Å². The van der Waals surface area contributed by atoms with E-state index in [-0.39, 0.29) is 23.2 Å². The van der Waals surface area contributed by atoms with Gasteiger partial charge in [0.05, 0.1) is 6.61 Å². The van der Waals surface area contributed by atoms with Gasteiger partial charge >= 0.3 is 0 Å². The van der Waals surface area contributed by atoms with Crippen molar-refractivity contribution in [2.45, 2.75) is 52.4 Å². The first-order chi connectivity index (χ1) is 8.08. The molecule has 1 rings (SSSR count). The predicted molar refractivity (Wildman–Crippen MR) is 75.3 cm³/mol. The van der Waals surface area contributed by atoms with Crippen LogP contribution in [0.15, 0.2) is 18.2 Å². The van der Waals surface area contributed by atoms with Crippen LogP contribution in [-0.4, -0.2) is 17.5 Å². The molecule has 0 aliphatic carbocycles. The minimum Gasteiger partial charge on any atom is -0.395 e. The van der Waals surface area contributed by atoms with Crippen molar-refractivity contribution in [1.29, 1.82) is 0 Å². The molecule has 1 N–H and O–H groups in total. The van der Waals surface area contributed by atoms with Crippen LogP contribution in [0.2, 0.25) is 0 Å². The van der Waals surface area contributed by atoms with Gasteiger partial charge in [-0.1, -0.05) is 40.7 Å². The monoisotopic (exact) mass is 248 g/mol. The second kappa shape index (κ2) is 4.85. The van der Waals surface area contributed by atoms with E-state index in [1.54, 1.807) is 6.92 Å². The number of hydrogen-bond acceptors (Lipinski definition) is 2. The molecule has 0 aliphatic rings. The van der Waals surface area contributed by atoms with Gasteiger partial charge in [0, 0.05) is 11.0 Å². The van der Waals surface area contributed by atoms with E-state index in [0.717, 1.165) is 16.7 Å². The maximum Gasteiger partial charge on any atom is 0.159 e. The van der Waals surface area contributed by atoms with Crippen molar-refractivity contribution in [3.05, 3.63) is 34.9 Å². The standard InChI is InChI=1S/C16H24O2/c1-11(18)12-7-13(15(2,3)4)9-14(8-12)16(5,6)10-17/h7-9,17H,10H2,1-6H3. The molecule has 0 bridgehead atoms. The first-order valence-electron chi connectivity index (χ1n) is 6.36. The maximum absolute atomic E-state index is 11.6. The number of rotatable bonds is 3. The molecule has 18 heavy (non-hydrogen) atoms. The summed E-state index contributed by atoms with van der Waals surface area (Å²) in [7, 11) is 0. The molecule has 0 unspecified atom stereocenters. The molecule has 1 aromatic rings. The number of hydrogen-bond donors (Lipinski definition) is 1. The highest BCUT2D eigenvalue weighted by Crippen LogP contribution is 2.30. The first kappa shape index (κ1) is 14.9. The van der Waals surface area contributed by atoms with Gasteiger partial charge in [-0.2, -0.15) is 0 Å². The first-order valence-corrected chi connectivity index (χ1v) is 6.36. The van der Waals surface area contributed by atoms with Crippen LogP contribution < -0.4 is 0 Å². The molecule has 0 fully saturated rings. The highest BCUT2D eigenvalue weighted by atomic mass is 16.3. The molecule has 0 saturated carbocycles. The van der Waals surface area contributed by atoms with Gasteiger partial charge in [-0.15, -0.1) is 0 Å². The Morgan fingerprint density at radius 2 is 1.56 bits per heavy atom. The van der Waals surface area contributed by atoms with Crippen molar-refractivity contribution in [2.75, 3.05) is 6.61 Å². The molecule has 0 saturated heterocycles. The second-order valence-electron chi connectivity index (χ2n) is 6.65. The zero-order valence-corrected chi connectivity index (χ0v) is 12.3. The quantitative estimate of drug-likeness (QED) is 0.832. The van der Waals surface area contributed by atoms with E-state index < -0.39 is 0 Å². The fourth-order valence-electron chi connectivity index (χ4n) is 1.75. The summed E-state index contributed by atoms with van der Waals surface area (Å²) in [5, 5.41) is 9.49. The fourth-order valence-corrected chi connectivity index (χ4v) is 1.75. The van der Waals surface area contributed by atoms with Crippen LogP contribution in [-0.2, 0) is 10.8 Å². The van der Waals surface area contributed by atoms with Crippen molar-refractivity contribution in [3.8, 4) is 0 Å². The van der Waals surface area contributed by atoms with Gasteiger partial charge in [0.25, 0.3) is 0 Å². The van der Waals surface area contributed by atoms with Crippen molar-refractivity contribution in [3.63, 3.8) is 0 Å². The zero-order chi connectivity index (χ0) is 14.1. The van der Waals surface area contributed by atoms with Gasteiger partial charge in [-0.25, -0.2) is 0 Å². The van der Waals surface area contributed by atoms with Crippen LogP contribution in [0.1, 0.15) is 63.0 Å². The molecule has 1 aromatic carbocycles. The summed E-state index contributed by atoms with van der Waals surface area (Å²) in [5.74, 6) is 0.0658.